The van der Waals surface area contributed by atoms with Crippen LogP contribution in [0.15, 0.2) is 52.0 Å². The Morgan fingerprint density at radius 2 is 2.00 bits per heavy atom. The Kier molecular flexibility index (Phi) is 6.71. The Bertz CT molecular complexity index is 806. The summed E-state index contributed by atoms with van der Waals surface area (Å²) in [6.07, 6.45) is 1.48. The molecular formula is C18H18BrN3O3. The van der Waals surface area contributed by atoms with Crippen LogP contribution in [-0.4, -0.2) is 31.7 Å². The largest absolute Gasteiger partial charge is 0.496 e. The van der Waals surface area contributed by atoms with Gasteiger partial charge in [-0.1, -0.05) is 34.1 Å². The normalized spacial score (nSPS) is 10.5. The number of hydrazone groups is 1. The van der Waals surface area contributed by atoms with Crippen molar-refractivity contribution in [3.63, 3.8) is 0 Å². The topological polar surface area (TPSA) is 79.8 Å². The van der Waals surface area contributed by atoms with Crippen LogP contribution in [0.25, 0.3) is 0 Å². The van der Waals surface area contributed by atoms with E-state index in [4.69, 9.17) is 4.74 Å². The van der Waals surface area contributed by atoms with Gasteiger partial charge in [-0.05, 0) is 36.8 Å². The minimum Gasteiger partial charge on any atom is -0.496 e. The molecule has 0 radical (unpaired) electrons. The zero-order chi connectivity index (χ0) is 18.2. The van der Waals surface area contributed by atoms with E-state index in [1.54, 1.807) is 25.3 Å². The molecule has 2 aromatic rings. The van der Waals surface area contributed by atoms with Gasteiger partial charge in [0.05, 0.1) is 19.9 Å². The van der Waals surface area contributed by atoms with Crippen LogP contribution in [0.1, 0.15) is 21.5 Å². The van der Waals surface area contributed by atoms with Crippen LogP contribution < -0.4 is 15.5 Å². The van der Waals surface area contributed by atoms with Gasteiger partial charge in [0, 0.05) is 15.6 Å². The molecule has 0 saturated heterocycles. The number of ether oxygens (including phenoxy) is 1. The molecule has 130 valence electrons. The summed E-state index contributed by atoms with van der Waals surface area (Å²) in [6, 6.07) is 12.6. The van der Waals surface area contributed by atoms with Crippen LogP contribution in [0.2, 0.25) is 0 Å². The van der Waals surface area contributed by atoms with Crippen molar-refractivity contribution in [2.75, 3.05) is 13.7 Å². The predicted octanol–water partition coefficient (Wildman–Crippen LogP) is 2.65. The SMILES string of the molecule is COc1ccc(Br)cc1C=NNC(=O)CNC(=O)c1ccccc1C. The zero-order valence-corrected chi connectivity index (χ0v) is 15.5. The van der Waals surface area contributed by atoms with Gasteiger partial charge in [-0.2, -0.15) is 5.10 Å². The van der Waals surface area contributed by atoms with E-state index in [0.29, 0.717) is 16.9 Å². The van der Waals surface area contributed by atoms with Crippen molar-refractivity contribution in [1.29, 1.82) is 0 Å². The molecule has 2 N–H and O–H groups in total. The fraction of sp³-hybridized carbons (Fsp3) is 0.167. The van der Waals surface area contributed by atoms with Crippen molar-refractivity contribution in [1.82, 2.24) is 10.7 Å². The molecule has 0 unspecified atom stereocenters. The highest BCUT2D eigenvalue weighted by atomic mass is 79.9. The number of hydrogen-bond acceptors (Lipinski definition) is 4. The molecule has 7 heteroatoms. The first-order chi connectivity index (χ1) is 12.0. The third kappa shape index (κ3) is 5.42. The number of nitrogens with one attached hydrogen (secondary N) is 2. The molecule has 0 aliphatic rings. The summed E-state index contributed by atoms with van der Waals surface area (Å²) in [5.41, 5.74) is 4.46. The van der Waals surface area contributed by atoms with E-state index < -0.39 is 5.91 Å². The van der Waals surface area contributed by atoms with Gasteiger partial charge < -0.3 is 10.1 Å². The van der Waals surface area contributed by atoms with Crippen LogP contribution in [0, 0.1) is 6.92 Å². The maximum atomic E-state index is 12.0. The van der Waals surface area contributed by atoms with Crippen LogP contribution in [0.4, 0.5) is 0 Å². The van der Waals surface area contributed by atoms with Gasteiger partial charge in [0.15, 0.2) is 0 Å². The lowest BCUT2D eigenvalue weighted by Crippen LogP contribution is -2.35. The lowest BCUT2D eigenvalue weighted by atomic mass is 10.1. The zero-order valence-electron chi connectivity index (χ0n) is 13.9. The molecule has 2 amide bonds. The third-order valence-electron chi connectivity index (χ3n) is 3.38. The van der Waals surface area contributed by atoms with Crippen molar-refractivity contribution in [3.05, 3.63) is 63.6 Å². The van der Waals surface area contributed by atoms with Gasteiger partial charge in [-0.3, -0.25) is 9.59 Å². The fourth-order valence-electron chi connectivity index (χ4n) is 2.10. The number of aryl methyl sites for hydroxylation is 1. The number of carbonyl (C=O) groups is 2. The summed E-state index contributed by atoms with van der Waals surface area (Å²) < 4.78 is 6.08. The van der Waals surface area contributed by atoms with E-state index in [0.717, 1.165) is 10.0 Å². The highest BCUT2D eigenvalue weighted by Gasteiger charge is 2.09. The lowest BCUT2D eigenvalue weighted by molar-refractivity contribution is -0.120. The van der Waals surface area contributed by atoms with Gasteiger partial charge in [0.1, 0.15) is 5.75 Å². The Labute approximate surface area is 154 Å². The predicted molar refractivity (Wildman–Crippen MR) is 99.9 cm³/mol. The van der Waals surface area contributed by atoms with Crippen molar-refractivity contribution < 1.29 is 14.3 Å². The quantitative estimate of drug-likeness (QED) is 0.574. The minimum absolute atomic E-state index is 0.167. The van der Waals surface area contributed by atoms with Crippen molar-refractivity contribution in [2.45, 2.75) is 6.92 Å². The van der Waals surface area contributed by atoms with Gasteiger partial charge >= 0.3 is 0 Å². The number of nitrogens with zero attached hydrogens (tertiary/aromatic N) is 1. The summed E-state index contributed by atoms with van der Waals surface area (Å²) in [5, 5.41) is 6.45. The second kappa shape index (κ2) is 8.98. The highest BCUT2D eigenvalue weighted by Crippen LogP contribution is 2.21. The molecule has 2 aromatic carbocycles. The summed E-state index contributed by atoms with van der Waals surface area (Å²) in [6.45, 7) is 1.67. The number of rotatable bonds is 6. The number of halogens is 1. The number of amides is 2. The molecule has 0 bridgehead atoms. The molecule has 2 rings (SSSR count). The molecular weight excluding hydrogens is 386 g/mol. The van der Waals surface area contributed by atoms with Gasteiger partial charge in [-0.25, -0.2) is 5.43 Å². The Balaban J connectivity index is 1.88. The second-order valence-electron chi connectivity index (χ2n) is 5.18. The van der Waals surface area contributed by atoms with E-state index >= 15 is 0 Å². The van der Waals surface area contributed by atoms with Crippen LogP contribution in [-0.2, 0) is 4.79 Å². The van der Waals surface area contributed by atoms with Crippen LogP contribution in [0.5, 0.6) is 5.75 Å². The summed E-state index contributed by atoms with van der Waals surface area (Å²) in [5.74, 6) is -0.0907. The fourth-order valence-corrected chi connectivity index (χ4v) is 2.48. The molecule has 0 spiro atoms. The summed E-state index contributed by atoms with van der Waals surface area (Å²) in [4.78, 5) is 23.8. The van der Waals surface area contributed by atoms with Crippen molar-refractivity contribution in [2.24, 2.45) is 5.10 Å². The summed E-state index contributed by atoms with van der Waals surface area (Å²) >= 11 is 3.36. The first kappa shape index (κ1) is 18.7. The molecule has 0 heterocycles. The first-order valence-corrected chi connectivity index (χ1v) is 8.30. The minimum atomic E-state index is -0.424. The standard InChI is InChI=1S/C18H18BrN3O3/c1-12-5-3-4-6-15(12)18(24)20-11-17(23)22-21-10-13-9-14(19)7-8-16(13)25-2/h3-10H,11H2,1-2H3,(H,20,24)(H,22,23). The second-order valence-corrected chi connectivity index (χ2v) is 6.09. The van der Waals surface area contributed by atoms with Gasteiger partial charge in [-0.15, -0.1) is 0 Å². The summed E-state index contributed by atoms with van der Waals surface area (Å²) in [7, 11) is 1.56. The Hall–Kier alpha value is -2.67. The van der Waals surface area contributed by atoms with Gasteiger partial charge in [0.2, 0.25) is 0 Å². The number of benzene rings is 2. The van der Waals surface area contributed by atoms with Crippen LogP contribution in [0.3, 0.4) is 0 Å². The van der Waals surface area contributed by atoms with Crippen molar-refractivity contribution in [3.8, 4) is 5.75 Å². The first-order valence-electron chi connectivity index (χ1n) is 7.50. The Morgan fingerprint density at radius 3 is 2.72 bits per heavy atom. The smallest absolute Gasteiger partial charge is 0.259 e. The number of hydrogen-bond donors (Lipinski definition) is 2. The molecule has 0 aliphatic heterocycles. The molecule has 0 fully saturated rings. The molecule has 0 saturated carbocycles. The van der Waals surface area contributed by atoms with E-state index in [1.807, 2.05) is 31.2 Å². The maximum Gasteiger partial charge on any atom is 0.259 e. The lowest BCUT2D eigenvalue weighted by Gasteiger charge is -2.07. The monoisotopic (exact) mass is 403 g/mol. The molecule has 0 aliphatic carbocycles. The number of carbonyl (C=O) groups excluding carboxylic acids is 2. The number of methoxy groups -OCH3 is 1. The average Bonchev–Trinajstić information content (AvgIpc) is 2.60. The molecule has 25 heavy (non-hydrogen) atoms. The van der Waals surface area contributed by atoms with E-state index in [2.05, 4.69) is 31.8 Å². The van der Waals surface area contributed by atoms with E-state index in [-0.39, 0.29) is 12.5 Å². The Morgan fingerprint density at radius 1 is 1.24 bits per heavy atom. The third-order valence-corrected chi connectivity index (χ3v) is 3.88. The van der Waals surface area contributed by atoms with E-state index in [9.17, 15) is 9.59 Å². The molecule has 6 nitrogen and oxygen atoms in total. The molecule has 0 atom stereocenters. The van der Waals surface area contributed by atoms with Crippen LogP contribution >= 0.6 is 15.9 Å². The molecule has 0 aromatic heterocycles. The van der Waals surface area contributed by atoms with Crippen molar-refractivity contribution >= 4 is 34.0 Å². The van der Waals surface area contributed by atoms with E-state index in [1.165, 1.54) is 6.21 Å². The van der Waals surface area contributed by atoms with Gasteiger partial charge in [0.25, 0.3) is 11.8 Å². The highest BCUT2D eigenvalue weighted by molar-refractivity contribution is 9.10. The average molecular weight is 404 g/mol. The maximum absolute atomic E-state index is 12.0.